The highest BCUT2D eigenvalue weighted by molar-refractivity contribution is 9.11. The summed E-state index contributed by atoms with van der Waals surface area (Å²) in [6.45, 7) is 4.54. The van der Waals surface area contributed by atoms with Gasteiger partial charge in [-0.2, -0.15) is 4.31 Å². The fourth-order valence-electron chi connectivity index (χ4n) is 2.57. The molecule has 0 amide bonds. The third-order valence-electron chi connectivity index (χ3n) is 3.75. The number of hydrogen-bond donors (Lipinski definition) is 0. The van der Waals surface area contributed by atoms with Gasteiger partial charge in [0, 0.05) is 31.9 Å². The van der Waals surface area contributed by atoms with Crippen LogP contribution in [0.3, 0.4) is 0 Å². The molecule has 0 atom stereocenters. The Balaban J connectivity index is 1.72. The molecule has 2 heterocycles. The molecule has 0 unspecified atom stereocenters. The van der Waals surface area contributed by atoms with Crippen LogP contribution in [0.2, 0.25) is 0 Å². The van der Waals surface area contributed by atoms with E-state index < -0.39 is 10.0 Å². The topological polar surface area (TPSA) is 40.6 Å². The molecule has 1 aromatic heterocycles. The van der Waals surface area contributed by atoms with Crippen molar-refractivity contribution in [2.45, 2.75) is 11.1 Å². The molecule has 0 bridgehead atoms. The minimum absolute atomic E-state index is 0.406. The molecule has 4 nitrogen and oxygen atoms in total. The summed E-state index contributed by atoms with van der Waals surface area (Å²) in [5.74, 6) is 0. The van der Waals surface area contributed by atoms with Gasteiger partial charge in [-0.3, -0.25) is 0 Å². The second kappa shape index (κ2) is 6.31. The van der Waals surface area contributed by atoms with Crippen molar-refractivity contribution in [2.75, 3.05) is 31.1 Å². The molecule has 0 radical (unpaired) electrons. The Kier molecular flexibility index (Phi) is 4.59. The summed E-state index contributed by atoms with van der Waals surface area (Å²) in [4.78, 5) is 2.24. The van der Waals surface area contributed by atoms with E-state index in [1.165, 1.54) is 16.9 Å². The monoisotopic (exact) mass is 400 g/mol. The first kappa shape index (κ1) is 16.0. The van der Waals surface area contributed by atoms with E-state index >= 15 is 0 Å². The van der Waals surface area contributed by atoms with Crippen LogP contribution >= 0.6 is 27.3 Å². The van der Waals surface area contributed by atoms with E-state index in [1.54, 1.807) is 16.4 Å². The van der Waals surface area contributed by atoms with Crippen molar-refractivity contribution < 1.29 is 8.42 Å². The van der Waals surface area contributed by atoms with Crippen molar-refractivity contribution in [3.63, 3.8) is 0 Å². The Morgan fingerprint density at radius 1 is 1.09 bits per heavy atom. The van der Waals surface area contributed by atoms with E-state index in [1.807, 2.05) is 6.07 Å². The van der Waals surface area contributed by atoms with Crippen molar-refractivity contribution in [1.82, 2.24) is 4.31 Å². The van der Waals surface area contributed by atoms with E-state index in [-0.39, 0.29) is 0 Å². The number of benzene rings is 1. The largest absolute Gasteiger partial charge is 0.369 e. The Morgan fingerprint density at radius 2 is 1.82 bits per heavy atom. The lowest BCUT2D eigenvalue weighted by molar-refractivity contribution is 0.386. The number of hydrogen-bond acceptors (Lipinski definition) is 4. The predicted octanol–water partition coefficient (Wildman–Crippen LogP) is 3.33. The summed E-state index contributed by atoms with van der Waals surface area (Å²) in [6, 6.07) is 11.8. The summed E-state index contributed by atoms with van der Waals surface area (Å²) in [6.07, 6.45) is 0. The molecular weight excluding hydrogens is 384 g/mol. The van der Waals surface area contributed by atoms with Gasteiger partial charge >= 0.3 is 0 Å². The Bertz CT molecular complexity index is 765. The lowest BCUT2D eigenvalue weighted by Gasteiger charge is -2.35. The minimum Gasteiger partial charge on any atom is -0.369 e. The van der Waals surface area contributed by atoms with Crippen LogP contribution in [0.25, 0.3) is 0 Å². The van der Waals surface area contributed by atoms with Gasteiger partial charge in [0.25, 0.3) is 10.0 Å². The highest BCUT2D eigenvalue weighted by atomic mass is 79.9. The Labute approximate surface area is 143 Å². The Morgan fingerprint density at radius 3 is 2.41 bits per heavy atom. The minimum atomic E-state index is -3.36. The quantitative estimate of drug-likeness (QED) is 0.792. The summed E-state index contributed by atoms with van der Waals surface area (Å²) in [5, 5.41) is 0. The van der Waals surface area contributed by atoms with Crippen LogP contribution in [0.1, 0.15) is 5.56 Å². The summed E-state index contributed by atoms with van der Waals surface area (Å²) in [7, 11) is -3.36. The molecule has 0 spiro atoms. The highest BCUT2D eigenvalue weighted by Crippen LogP contribution is 2.29. The van der Waals surface area contributed by atoms with Crippen LogP contribution in [0.4, 0.5) is 5.69 Å². The third-order valence-corrected chi connectivity index (χ3v) is 7.74. The van der Waals surface area contributed by atoms with Crippen LogP contribution in [0.15, 0.2) is 44.4 Å². The SMILES string of the molecule is Cc1cccc(N2CCN(S(=O)(=O)c3ccc(Br)s3)CC2)c1. The molecule has 118 valence electrons. The van der Waals surface area contributed by atoms with Gasteiger partial charge in [-0.25, -0.2) is 8.42 Å². The van der Waals surface area contributed by atoms with Gasteiger partial charge in [-0.05, 0) is 52.7 Å². The zero-order valence-corrected chi connectivity index (χ0v) is 15.4. The summed E-state index contributed by atoms with van der Waals surface area (Å²) >= 11 is 4.58. The molecule has 0 aliphatic carbocycles. The molecule has 1 saturated heterocycles. The third kappa shape index (κ3) is 3.22. The van der Waals surface area contributed by atoms with Crippen molar-refractivity contribution in [3.05, 3.63) is 45.7 Å². The number of rotatable bonds is 3. The number of anilines is 1. The van der Waals surface area contributed by atoms with Gasteiger partial charge < -0.3 is 4.90 Å². The van der Waals surface area contributed by atoms with E-state index in [0.717, 1.165) is 22.6 Å². The van der Waals surface area contributed by atoms with E-state index in [9.17, 15) is 8.42 Å². The second-order valence-corrected chi connectivity index (χ2v) is 9.92. The number of thiophene rings is 1. The maximum absolute atomic E-state index is 12.6. The maximum atomic E-state index is 12.6. The first-order chi connectivity index (χ1) is 10.5. The van der Waals surface area contributed by atoms with Gasteiger partial charge in [0.1, 0.15) is 4.21 Å². The fraction of sp³-hybridized carbons (Fsp3) is 0.333. The first-order valence-corrected chi connectivity index (χ1v) is 10.1. The van der Waals surface area contributed by atoms with Gasteiger partial charge in [0.2, 0.25) is 0 Å². The lowest BCUT2D eigenvalue weighted by Crippen LogP contribution is -2.48. The molecule has 1 fully saturated rings. The molecular formula is C15H17BrN2O2S2. The maximum Gasteiger partial charge on any atom is 0.252 e. The zero-order valence-electron chi connectivity index (χ0n) is 12.2. The molecule has 3 rings (SSSR count). The molecule has 7 heteroatoms. The summed E-state index contributed by atoms with van der Waals surface area (Å²) in [5.41, 5.74) is 2.38. The number of sulfonamides is 1. The van der Waals surface area contributed by atoms with Crippen LogP contribution in [0.5, 0.6) is 0 Å². The van der Waals surface area contributed by atoms with Gasteiger partial charge in [-0.1, -0.05) is 12.1 Å². The standard InChI is InChI=1S/C15H17BrN2O2S2/c1-12-3-2-4-13(11-12)17-7-9-18(10-8-17)22(19,20)15-6-5-14(16)21-15/h2-6,11H,7-10H2,1H3. The van der Waals surface area contributed by atoms with Crippen molar-refractivity contribution >= 4 is 43.0 Å². The number of aryl methyl sites for hydroxylation is 1. The molecule has 0 N–H and O–H groups in total. The molecule has 1 aliphatic rings. The van der Waals surface area contributed by atoms with Crippen molar-refractivity contribution in [1.29, 1.82) is 0 Å². The molecule has 22 heavy (non-hydrogen) atoms. The molecule has 0 saturated carbocycles. The highest BCUT2D eigenvalue weighted by Gasteiger charge is 2.29. The number of piperazine rings is 1. The average Bonchev–Trinajstić information content (AvgIpc) is 2.95. The zero-order chi connectivity index (χ0) is 15.7. The molecule has 2 aromatic rings. The van der Waals surface area contributed by atoms with Crippen LogP contribution in [0, 0.1) is 6.92 Å². The van der Waals surface area contributed by atoms with Gasteiger partial charge in [0.15, 0.2) is 0 Å². The van der Waals surface area contributed by atoms with Crippen molar-refractivity contribution in [3.8, 4) is 0 Å². The van der Waals surface area contributed by atoms with Crippen LogP contribution in [-0.4, -0.2) is 38.9 Å². The van der Waals surface area contributed by atoms with E-state index in [0.29, 0.717) is 17.3 Å². The average molecular weight is 401 g/mol. The normalized spacial score (nSPS) is 16.9. The van der Waals surface area contributed by atoms with Gasteiger partial charge in [0.05, 0.1) is 3.79 Å². The fourth-order valence-corrected chi connectivity index (χ4v) is 6.16. The van der Waals surface area contributed by atoms with E-state index in [2.05, 4.69) is 46.0 Å². The number of halogens is 1. The molecule has 1 aliphatic heterocycles. The Hall–Kier alpha value is -0.890. The van der Waals surface area contributed by atoms with Crippen LogP contribution < -0.4 is 4.90 Å². The number of nitrogens with zero attached hydrogens (tertiary/aromatic N) is 2. The summed E-state index contributed by atoms with van der Waals surface area (Å²) < 4.78 is 28.0. The van der Waals surface area contributed by atoms with Crippen LogP contribution in [-0.2, 0) is 10.0 Å². The van der Waals surface area contributed by atoms with Gasteiger partial charge in [-0.15, -0.1) is 11.3 Å². The predicted molar refractivity (Wildman–Crippen MR) is 94.2 cm³/mol. The molecule has 1 aromatic carbocycles. The first-order valence-electron chi connectivity index (χ1n) is 7.04. The van der Waals surface area contributed by atoms with E-state index in [4.69, 9.17) is 0 Å². The lowest BCUT2D eigenvalue weighted by atomic mass is 10.2. The smallest absolute Gasteiger partial charge is 0.252 e. The second-order valence-electron chi connectivity index (χ2n) is 5.29. The van der Waals surface area contributed by atoms with Crippen molar-refractivity contribution in [2.24, 2.45) is 0 Å².